The van der Waals surface area contributed by atoms with Crippen molar-refractivity contribution >= 4 is 7.37 Å². The third-order valence-electron chi connectivity index (χ3n) is 2.79. The van der Waals surface area contributed by atoms with Crippen LogP contribution in [0.15, 0.2) is 15.8 Å². The zero-order valence-corrected chi connectivity index (χ0v) is 10.5. The Kier molecular flexibility index (Phi) is 3.29. The summed E-state index contributed by atoms with van der Waals surface area (Å²) in [5.74, 6) is -1.19. The van der Waals surface area contributed by atoms with Crippen molar-refractivity contribution in [2.45, 2.75) is 19.0 Å². The van der Waals surface area contributed by atoms with Gasteiger partial charge in [0.25, 0.3) is 5.56 Å². The Balaban J connectivity index is 2.41. The summed E-state index contributed by atoms with van der Waals surface area (Å²) in [4.78, 5) is 34.4. The summed E-state index contributed by atoms with van der Waals surface area (Å²) in [7, 11) is -3.65. The first-order valence-electron chi connectivity index (χ1n) is 5.25. The van der Waals surface area contributed by atoms with Crippen LogP contribution >= 0.6 is 7.37 Å². The van der Waals surface area contributed by atoms with Gasteiger partial charge in [0.05, 0.1) is 12.8 Å². The van der Waals surface area contributed by atoms with Gasteiger partial charge in [-0.05, 0) is 6.92 Å². The molecule has 9 heteroatoms. The molecule has 1 aliphatic heterocycles. The highest BCUT2D eigenvalue weighted by Gasteiger charge is 2.44. The second-order valence-electron chi connectivity index (χ2n) is 4.14. The van der Waals surface area contributed by atoms with E-state index in [2.05, 4.69) is 4.98 Å². The summed E-state index contributed by atoms with van der Waals surface area (Å²) in [5, 5.41) is 8.93. The number of hydrogen-bond acceptors (Lipinski definition) is 5. The van der Waals surface area contributed by atoms with E-state index in [1.807, 2.05) is 0 Å². The topological polar surface area (TPSA) is 122 Å². The van der Waals surface area contributed by atoms with E-state index in [9.17, 15) is 19.0 Å². The van der Waals surface area contributed by atoms with E-state index in [0.717, 1.165) is 4.57 Å². The smallest absolute Gasteiger partial charge is 0.330 e. The lowest BCUT2D eigenvalue weighted by molar-refractivity contribution is -0.00961. The predicted octanol–water partition coefficient (Wildman–Crippen LogP) is -1.04. The summed E-state index contributed by atoms with van der Waals surface area (Å²) >= 11 is 0. The molecule has 8 nitrogen and oxygen atoms in total. The van der Waals surface area contributed by atoms with E-state index in [1.54, 1.807) is 0 Å². The number of aliphatic hydroxyl groups is 1. The molecule has 1 aromatic rings. The molecule has 2 heterocycles. The van der Waals surface area contributed by atoms with Gasteiger partial charge in [-0.25, -0.2) is 4.79 Å². The first-order chi connectivity index (χ1) is 8.35. The standard InChI is InChI=1S/C9H13N2O6P/c1-5-2-11(9(14)10-8(5)13)6-4-18(15,16)7(3-12)17-6/h2,6-7,12H,3-4H2,1H3,(H,15,16)(H,10,13,14)/t6-,7+/m1/s1. The zero-order valence-electron chi connectivity index (χ0n) is 9.57. The van der Waals surface area contributed by atoms with E-state index < -0.39 is 37.3 Å². The maximum atomic E-state index is 11.7. The quantitative estimate of drug-likeness (QED) is 0.593. The van der Waals surface area contributed by atoms with Crippen LogP contribution in [0.2, 0.25) is 0 Å². The SMILES string of the molecule is Cc1cn([C@H]2CP(=O)(O)[C@@H](CO)O2)c(=O)[nH]c1=O. The van der Waals surface area contributed by atoms with Crippen molar-refractivity contribution in [3.8, 4) is 0 Å². The molecule has 3 atom stereocenters. The van der Waals surface area contributed by atoms with Crippen molar-refractivity contribution in [1.82, 2.24) is 9.55 Å². The van der Waals surface area contributed by atoms with Gasteiger partial charge >= 0.3 is 5.69 Å². The second kappa shape index (κ2) is 4.47. The molecular weight excluding hydrogens is 263 g/mol. The summed E-state index contributed by atoms with van der Waals surface area (Å²) < 4.78 is 17.9. The molecule has 0 amide bonds. The molecule has 0 bridgehead atoms. The Morgan fingerprint density at radius 3 is 2.83 bits per heavy atom. The van der Waals surface area contributed by atoms with Crippen molar-refractivity contribution in [3.05, 3.63) is 32.6 Å². The van der Waals surface area contributed by atoms with E-state index in [1.165, 1.54) is 13.1 Å². The molecule has 100 valence electrons. The normalized spacial score (nSPS) is 31.7. The number of ether oxygens (including phenoxy) is 1. The third kappa shape index (κ3) is 2.20. The van der Waals surface area contributed by atoms with Crippen LogP contribution in [0.3, 0.4) is 0 Å². The maximum Gasteiger partial charge on any atom is 0.330 e. The van der Waals surface area contributed by atoms with Gasteiger partial charge in [-0.2, -0.15) is 0 Å². The summed E-state index contributed by atoms with van der Waals surface area (Å²) in [5.41, 5.74) is -0.937. The van der Waals surface area contributed by atoms with Crippen LogP contribution in [0.1, 0.15) is 11.8 Å². The second-order valence-corrected chi connectivity index (χ2v) is 6.60. The maximum absolute atomic E-state index is 11.7. The Bertz CT molecular complexity index is 620. The fraction of sp³-hybridized carbons (Fsp3) is 0.556. The zero-order chi connectivity index (χ0) is 13.5. The van der Waals surface area contributed by atoms with Gasteiger partial charge in [-0.3, -0.25) is 18.9 Å². The minimum atomic E-state index is -3.65. The average molecular weight is 276 g/mol. The Morgan fingerprint density at radius 2 is 2.28 bits per heavy atom. The van der Waals surface area contributed by atoms with Crippen molar-refractivity contribution in [1.29, 1.82) is 0 Å². The first kappa shape index (κ1) is 13.2. The van der Waals surface area contributed by atoms with Crippen molar-refractivity contribution in [2.75, 3.05) is 12.8 Å². The van der Waals surface area contributed by atoms with Gasteiger partial charge in [0.1, 0.15) is 6.23 Å². The van der Waals surface area contributed by atoms with Crippen LogP contribution in [-0.4, -0.2) is 38.2 Å². The van der Waals surface area contributed by atoms with E-state index in [4.69, 9.17) is 9.84 Å². The van der Waals surface area contributed by atoms with Crippen molar-refractivity contribution < 1.29 is 19.3 Å². The minimum absolute atomic E-state index is 0.274. The van der Waals surface area contributed by atoms with Gasteiger partial charge in [0.15, 0.2) is 5.85 Å². The molecule has 0 aromatic carbocycles. The Morgan fingerprint density at radius 1 is 1.61 bits per heavy atom. The van der Waals surface area contributed by atoms with Crippen LogP contribution in [0.25, 0.3) is 0 Å². The highest BCUT2D eigenvalue weighted by molar-refractivity contribution is 7.58. The summed E-state index contributed by atoms with van der Waals surface area (Å²) in [6.07, 6.45) is 0.0379. The summed E-state index contributed by atoms with van der Waals surface area (Å²) in [6, 6.07) is 0. The van der Waals surface area contributed by atoms with Gasteiger partial charge in [-0.1, -0.05) is 0 Å². The number of nitrogens with one attached hydrogen (secondary N) is 1. The van der Waals surface area contributed by atoms with Crippen LogP contribution in [0.4, 0.5) is 0 Å². The number of aliphatic hydroxyl groups excluding tert-OH is 1. The van der Waals surface area contributed by atoms with Gasteiger partial charge < -0.3 is 14.7 Å². The molecular formula is C9H13N2O6P. The molecule has 1 saturated heterocycles. The van der Waals surface area contributed by atoms with Crippen molar-refractivity contribution in [3.63, 3.8) is 0 Å². The molecule has 0 saturated carbocycles. The fourth-order valence-corrected chi connectivity index (χ4v) is 3.32. The molecule has 2 rings (SSSR count). The van der Waals surface area contributed by atoms with Crippen LogP contribution in [-0.2, 0) is 9.30 Å². The van der Waals surface area contributed by atoms with E-state index >= 15 is 0 Å². The first-order valence-corrected chi connectivity index (χ1v) is 7.16. The van der Waals surface area contributed by atoms with E-state index in [-0.39, 0.29) is 6.16 Å². The predicted molar refractivity (Wildman–Crippen MR) is 61.7 cm³/mol. The van der Waals surface area contributed by atoms with Crippen LogP contribution < -0.4 is 11.2 Å². The number of nitrogens with zero attached hydrogens (tertiary/aromatic N) is 1. The largest absolute Gasteiger partial charge is 0.393 e. The number of aromatic amines is 1. The third-order valence-corrected chi connectivity index (χ3v) is 4.81. The highest BCUT2D eigenvalue weighted by Crippen LogP contribution is 2.55. The number of rotatable bonds is 2. The number of aromatic nitrogens is 2. The monoisotopic (exact) mass is 276 g/mol. The minimum Gasteiger partial charge on any atom is -0.393 e. The van der Waals surface area contributed by atoms with Crippen LogP contribution in [0, 0.1) is 6.92 Å². The Hall–Kier alpha value is -1.21. The molecule has 0 aliphatic carbocycles. The summed E-state index contributed by atoms with van der Waals surface area (Å²) in [6.45, 7) is 0.910. The molecule has 3 N–H and O–H groups in total. The Labute approximate surface area is 101 Å². The molecule has 0 spiro atoms. The molecule has 1 aliphatic rings. The number of aryl methyl sites for hydroxylation is 1. The van der Waals surface area contributed by atoms with E-state index in [0.29, 0.717) is 5.56 Å². The molecule has 18 heavy (non-hydrogen) atoms. The average Bonchev–Trinajstić information content (AvgIpc) is 2.58. The molecule has 1 fully saturated rings. The van der Waals surface area contributed by atoms with Gasteiger partial charge in [0, 0.05) is 11.8 Å². The van der Waals surface area contributed by atoms with Gasteiger partial charge in [0.2, 0.25) is 7.37 Å². The highest BCUT2D eigenvalue weighted by atomic mass is 31.2. The number of H-pyrrole nitrogens is 1. The number of hydrogen-bond donors (Lipinski definition) is 3. The lowest BCUT2D eigenvalue weighted by Gasteiger charge is -2.13. The molecule has 1 aromatic heterocycles. The van der Waals surface area contributed by atoms with Crippen molar-refractivity contribution in [2.24, 2.45) is 0 Å². The van der Waals surface area contributed by atoms with Crippen LogP contribution in [0.5, 0.6) is 0 Å². The van der Waals surface area contributed by atoms with Gasteiger partial charge in [-0.15, -0.1) is 0 Å². The lowest BCUT2D eigenvalue weighted by Crippen LogP contribution is -2.34. The molecule has 1 unspecified atom stereocenters. The fourth-order valence-electron chi connectivity index (χ4n) is 1.79. The molecule has 0 radical (unpaired) electrons. The lowest BCUT2D eigenvalue weighted by atomic mass is 10.4.